The lowest BCUT2D eigenvalue weighted by Crippen LogP contribution is -2.15. The number of thiazole rings is 1. The highest BCUT2D eigenvalue weighted by Crippen LogP contribution is 2.24. The van der Waals surface area contributed by atoms with Crippen LogP contribution in [0.5, 0.6) is 0 Å². The van der Waals surface area contributed by atoms with E-state index in [0.29, 0.717) is 5.69 Å². The third-order valence-corrected chi connectivity index (χ3v) is 7.71. The monoisotopic (exact) mass is 439 g/mol. The largest absolute Gasteiger partial charge is 0.326 e. The maximum absolute atomic E-state index is 12.5. The summed E-state index contributed by atoms with van der Waals surface area (Å²) in [5.74, 6) is -0.169. The summed E-state index contributed by atoms with van der Waals surface area (Å²) in [7, 11) is -3.31. The Morgan fingerprint density at radius 1 is 1.17 bits per heavy atom. The Morgan fingerprint density at radius 3 is 2.63 bits per heavy atom. The number of carbonyl (C=O) groups is 1. The molecule has 0 saturated heterocycles. The molecule has 0 aliphatic carbocycles. The minimum atomic E-state index is -3.31. The van der Waals surface area contributed by atoms with Gasteiger partial charge in [0.1, 0.15) is 0 Å². The van der Waals surface area contributed by atoms with Gasteiger partial charge in [-0.2, -0.15) is 0 Å². The van der Waals surface area contributed by atoms with Gasteiger partial charge in [0.2, 0.25) is 5.91 Å². The van der Waals surface area contributed by atoms with E-state index < -0.39 is 15.1 Å². The zero-order valence-corrected chi connectivity index (χ0v) is 18.2. The lowest BCUT2D eigenvalue weighted by Gasteiger charge is -2.09. The van der Waals surface area contributed by atoms with Crippen LogP contribution in [0.3, 0.4) is 0 Å². The molecule has 8 heteroatoms. The number of nitrogens with one attached hydrogen (secondary N) is 1. The number of nitrogens with zero attached hydrogens (tertiary/aromatic N) is 2. The molecule has 4 aromatic rings. The zero-order valence-electron chi connectivity index (χ0n) is 16.6. The van der Waals surface area contributed by atoms with E-state index in [0.717, 1.165) is 21.8 Å². The Hall–Kier alpha value is -2.97. The van der Waals surface area contributed by atoms with Crippen LogP contribution in [-0.4, -0.2) is 29.0 Å². The van der Waals surface area contributed by atoms with Crippen LogP contribution in [0.15, 0.2) is 71.2 Å². The van der Waals surface area contributed by atoms with E-state index in [1.54, 1.807) is 49.4 Å². The van der Waals surface area contributed by atoms with Crippen LogP contribution in [-0.2, 0) is 21.1 Å². The van der Waals surface area contributed by atoms with Crippen LogP contribution >= 0.6 is 11.3 Å². The van der Waals surface area contributed by atoms with Gasteiger partial charge in [0.25, 0.3) is 0 Å². The second kappa shape index (κ2) is 8.04. The number of hydrogen-bond acceptors (Lipinski definition) is 5. The highest BCUT2D eigenvalue weighted by atomic mass is 32.2. The highest BCUT2D eigenvalue weighted by Gasteiger charge is 2.19. The van der Waals surface area contributed by atoms with E-state index >= 15 is 0 Å². The molecule has 0 aliphatic rings. The van der Waals surface area contributed by atoms with E-state index in [1.807, 2.05) is 46.4 Å². The average molecular weight is 440 g/mol. The molecule has 2 aromatic carbocycles. The number of amides is 1. The van der Waals surface area contributed by atoms with E-state index in [2.05, 4.69) is 10.3 Å². The van der Waals surface area contributed by atoms with Crippen molar-refractivity contribution in [3.63, 3.8) is 0 Å². The first kappa shape index (κ1) is 20.3. The summed E-state index contributed by atoms with van der Waals surface area (Å²) in [5.41, 5.74) is 3.21. The third-order valence-electron chi connectivity index (χ3n) is 4.77. The maximum atomic E-state index is 12.5. The van der Waals surface area contributed by atoms with Crippen molar-refractivity contribution >= 4 is 37.7 Å². The lowest BCUT2D eigenvalue weighted by atomic mass is 10.1. The van der Waals surface area contributed by atoms with Crippen molar-refractivity contribution in [3.8, 4) is 11.3 Å². The number of benzene rings is 2. The number of imidazole rings is 1. The molecule has 0 radical (unpaired) electrons. The molecule has 2 heterocycles. The zero-order chi connectivity index (χ0) is 21.3. The Balaban J connectivity index is 1.45. The lowest BCUT2D eigenvalue weighted by molar-refractivity contribution is -0.115. The van der Waals surface area contributed by atoms with Crippen LogP contribution < -0.4 is 5.32 Å². The SMILES string of the molecule is CC(C)S(=O)(=O)c1ccc(CC(=O)Nc2cccc(-c3cn4ccsc4n3)c2)cc1. The Labute approximate surface area is 179 Å². The number of aromatic nitrogens is 2. The van der Waals surface area contributed by atoms with E-state index in [1.165, 1.54) is 0 Å². The van der Waals surface area contributed by atoms with Gasteiger partial charge in [0.05, 0.1) is 22.3 Å². The molecule has 154 valence electrons. The molecule has 0 spiro atoms. The van der Waals surface area contributed by atoms with Crippen molar-refractivity contribution in [3.05, 3.63) is 71.9 Å². The third kappa shape index (κ3) is 4.15. The van der Waals surface area contributed by atoms with Gasteiger partial charge in [-0.25, -0.2) is 13.4 Å². The predicted molar refractivity (Wildman–Crippen MR) is 120 cm³/mol. The molecule has 6 nitrogen and oxygen atoms in total. The van der Waals surface area contributed by atoms with Gasteiger partial charge >= 0.3 is 0 Å². The van der Waals surface area contributed by atoms with Crippen molar-refractivity contribution in [2.24, 2.45) is 0 Å². The summed E-state index contributed by atoms with van der Waals surface area (Å²) in [5, 5.41) is 4.40. The fourth-order valence-electron chi connectivity index (χ4n) is 3.08. The van der Waals surface area contributed by atoms with E-state index in [-0.39, 0.29) is 17.2 Å². The Morgan fingerprint density at radius 2 is 1.93 bits per heavy atom. The molecule has 30 heavy (non-hydrogen) atoms. The molecule has 2 aromatic heterocycles. The fraction of sp³-hybridized carbons (Fsp3) is 0.182. The van der Waals surface area contributed by atoms with E-state index in [4.69, 9.17) is 0 Å². The number of sulfone groups is 1. The molecule has 0 atom stereocenters. The van der Waals surface area contributed by atoms with Gasteiger partial charge in [-0.1, -0.05) is 24.3 Å². The molecule has 1 N–H and O–H groups in total. The van der Waals surface area contributed by atoms with Gasteiger partial charge < -0.3 is 5.32 Å². The summed E-state index contributed by atoms with van der Waals surface area (Å²) in [4.78, 5) is 18.3. The minimum Gasteiger partial charge on any atom is -0.326 e. The topological polar surface area (TPSA) is 80.5 Å². The number of carbonyl (C=O) groups excluding carboxylic acids is 1. The molecule has 4 rings (SSSR count). The first-order valence-electron chi connectivity index (χ1n) is 9.48. The minimum absolute atomic E-state index is 0.159. The normalized spacial score (nSPS) is 11.8. The highest BCUT2D eigenvalue weighted by molar-refractivity contribution is 7.92. The second-order valence-electron chi connectivity index (χ2n) is 7.26. The van der Waals surface area contributed by atoms with Crippen molar-refractivity contribution in [2.45, 2.75) is 30.4 Å². The van der Waals surface area contributed by atoms with Crippen molar-refractivity contribution < 1.29 is 13.2 Å². The van der Waals surface area contributed by atoms with Crippen LogP contribution in [0.25, 0.3) is 16.2 Å². The average Bonchev–Trinajstić information content (AvgIpc) is 3.30. The summed E-state index contributed by atoms with van der Waals surface area (Å²) in [6.45, 7) is 3.30. The summed E-state index contributed by atoms with van der Waals surface area (Å²) in [6, 6.07) is 14.0. The fourth-order valence-corrected chi connectivity index (χ4v) is 4.84. The molecule has 0 saturated carbocycles. The molecular formula is C22H21N3O3S2. The first-order valence-corrected chi connectivity index (χ1v) is 11.9. The van der Waals surface area contributed by atoms with Crippen molar-refractivity contribution in [1.82, 2.24) is 9.38 Å². The summed E-state index contributed by atoms with van der Waals surface area (Å²) >= 11 is 1.57. The molecule has 0 unspecified atom stereocenters. The van der Waals surface area contributed by atoms with Gasteiger partial charge in [-0.3, -0.25) is 9.20 Å². The van der Waals surface area contributed by atoms with Crippen LogP contribution in [0.1, 0.15) is 19.4 Å². The first-order chi connectivity index (χ1) is 14.3. The van der Waals surface area contributed by atoms with Crippen LogP contribution in [0.2, 0.25) is 0 Å². The maximum Gasteiger partial charge on any atom is 0.228 e. The second-order valence-corrected chi connectivity index (χ2v) is 10.6. The van der Waals surface area contributed by atoms with Crippen LogP contribution in [0, 0.1) is 0 Å². The number of rotatable bonds is 6. The van der Waals surface area contributed by atoms with Crippen molar-refractivity contribution in [2.75, 3.05) is 5.32 Å². The smallest absolute Gasteiger partial charge is 0.228 e. The van der Waals surface area contributed by atoms with Gasteiger partial charge in [0, 0.05) is 29.0 Å². The van der Waals surface area contributed by atoms with Crippen molar-refractivity contribution in [1.29, 1.82) is 0 Å². The van der Waals surface area contributed by atoms with Gasteiger partial charge in [-0.15, -0.1) is 11.3 Å². The predicted octanol–water partition coefficient (Wildman–Crippen LogP) is 4.43. The standard InChI is InChI=1S/C22H21N3O3S2/c1-15(2)30(27,28)19-8-6-16(7-9-19)12-21(26)23-18-5-3-4-17(13-18)20-14-25-10-11-29-22(25)24-20/h3-11,13-15H,12H2,1-2H3,(H,23,26). The van der Waals surface area contributed by atoms with E-state index in [9.17, 15) is 13.2 Å². The molecule has 1 amide bonds. The molecular weight excluding hydrogens is 418 g/mol. The Kier molecular flexibility index (Phi) is 5.44. The quantitative estimate of drug-likeness (QED) is 0.482. The molecule has 0 fully saturated rings. The summed E-state index contributed by atoms with van der Waals surface area (Å²) < 4.78 is 26.4. The van der Waals surface area contributed by atoms with Crippen LogP contribution in [0.4, 0.5) is 5.69 Å². The Bertz CT molecular complexity index is 1270. The number of fused-ring (bicyclic) bond motifs is 1. The number of anilines is 1. The van der Waals surface area contributed by atoms with Gasteiger partial charge in [0.15, 0.2) is 14.8 Å². The molecule has 0 bridgehead atoms. The van der Waals surface area contributed by atoms with Gasteiger partial charge in [-0.05, 0) is 43.7 Å². The molecule has 0 aliphatic heterocycles. The number of hydrogen-bond donors (Lipinski definition) is 1. The summed E-state index contributed by atoms with van der Waals surface area (Å²) in [6.07, 6.45) is 4.08.